The Labute approximate surface area is 86.0 Å². The van der Waals surface area contributed by atoms with Crippen LogP contribution in [-0.4, -0.2) is 14.7 Å². The fourth-order valence-electron chi connectivity index (χ4n) is 0.827. The molecule has 0 bridgehead atoms. The van der Waals surface area contributed by atoms with E-state index in [1.54, 1.807) is 19.1 Å². The van der Waals surface area contributed by atoms with Crippen LogP contribution < -0.4 is 4.18 Å². The Morgan fingerprint density at radius 1 is 1.38 bits per heavy atom. The maximum absolute atomic E-state index is 10.8. The molecule has 72 valence electrons. The lowest BCUT2D eigenvalue weighted by atomic mass is 10.2. The molecule has 0 aliphatic carbocycles. The highest BCUT2D eigenvalue weighted by atomic mass is 79.9. The minimum Gasteiger partial charge on any atom is -0.382 e. The molecule has 0 aliphatic heterocycles. The van der Waals surface area contributed by atoms with E-state index in [0.29, 0.717) is 5.75 Å². The molecule has 0 unspecified atom stereocenters. The van der Waals surface area contributed by atoms with E-state index in [1.807, 2.05) is 6.07 Å². The lowest BCUT2D eigenvalue weighted by Gasteiger charge is -2.05. The van der Waals surface area contributed by atoms with Gasteiger partial charge in [-0.1, -0.05) is 22.0 Å². The molecule has 1 aromatic rings. The van der Waals surface area contributed by atoms with Gasteiger partial charge in [0.1, 0.15) is 5.75 Å². The Balaban J connectivity index is 3.08. The molecular weight excluding hydrogens is 256 g/mol. The molecular formula is C8H9BrO3S. The van der Waals surface area contributed by atoms with Gasteiger partial charge in [-0.25, -0.2) is 0 Å². The second-order valence-electron chi connectivity index (χ2n) is 2.70. The Morgan fingerprint density at radius 2 is 2.00 bits per heavy atom. The highest BCUT2D eigenvalue weighted by Crippen LogP contribution is 2.23. The van der Waals surface area contributed by atoms with Crippen molar-refractivity contribution in [2.24, 2.45) is 0 Å². The molecule has 0 amide bonds. The molecule has 0 saturated carbocycles. The number of hydrogen-bond acceptors (Lipinski definition) is 3. The van der Waals surface area contributed by atoms with Crippen molar-refractivity contribution in [1.82, 2.24) is 0 Å². The number of benzene rings is 1. The summed E-state index contributed by atoms with van der Waals surface area (Å²) in [5.74, 6) is 0.358. The van der Waals surface area contributed by atoms with Gasteiger partial charge < -0.3 is 4.18 Å². The molecule has 13 heavy (non-hydrogen) atoms. The third-order valence-electron chi connectivity index (χ3n) is 1.39. The van der Waals surface area contributed by atoms with E-state index in [1.165, 1.54) is 0 Å². The van der Waals surface area contributed by atoms with Crippen LogP contribution in [0, 0.1) is 6.92 Å². The Kier molecular flexibility index (Phi) is 2.98. The first-order valence-corrected chi connectivity index (χ1v) is 6.15. The summed E-state index contributed by atoms with van der Waals surface area (Å²) in [5.41, 5.74) is 0.786. The summed E-state index contributed by atoms with van der Waals surface area (Å²) in [6.07, 6.45) is 1.02. The van der Waals surface area contributed by atoms with E-state index in [9.17, 15) is 8.42 Å². The van der Waals surface area contributed by atoms with E-state index in [0.717, 1.165) is 16.3 Å². The summed E-state index contributed by atoms with van der Waals surface area (Å²) in [6.45, 7) is 1.78. The first-order valence-electron chi connectivity index (χ1n) is 3.54. The predicted molar refractivity (Wildman–Crippen MR) is 54.4 cm³/mol. The van der Waals surface area contributed by atoms with Crippen LogP contribution in [0.1, 0.15) is 5.56 Å². The smallest absolute Gasteiger partial charge is 0.306 e. The zero-order valence-corrected chi connectivity index (χ0v) is 9.65. The fraction of sp³-hybridized carbons (Fsp3) is 0.250. The van der Waals surface area contributed by atoms with E-state index < -0.39 is 10.1 Å². The van der Waals surface area contributed by atoms with Crippen LogP contribution in [0.2, 0.25) is 0 Å². The molecule has 0 heterocycles. The first kappa shape index (κ1) is 10.5. The highest BCUT2D eigenvalue weighted by molar-refractivity contribution is 9.10. The molecule has 0 atom stereocenters. The van der Waals surface area contributed by atoms with Gasteiger partial charge in [0.05, 0.1) is 6.26 Å². The van der Waals surface area contributed by atoms with Crippen LogP contribution in [0.5, 0.6) is 5.75 Å². The molecule has 1 rings (SSSR count). The lowest BCUT2D eigenvalue weighted by Crippen LogP contribution is -2.06. The number of rotatable bonds is 2. The monoisotopic (exact) mass is 264 g/mol. The molecule has 3 nitrogen and oxygen atoms in total. The average Bonchev–Trinajstić information content (AvgIpc) is 1.94. The summed E-state index contributed by atoms with van der Waals surface area (Å²) in [4.78, 5) is 0. The van der Waals surface area contributed by atoms with Gasteiger partial charge in [0, 0.05) is 4.47 Å². The van der Waals surface area contributed by atoms with Crippen molar-refractivity contribution in [3.63, 3.8) is 0 Å². The summed E-state index contributed by atoms with van der Waals surface area (Å²) < 4.78 is 27.2. The SMILES string of the molecule is Cc1ccc(Br)cc1OS(C)(=O)=O. The Bertz CT molecular complexity index is 411. The van der Waals surface area contributed by atoms with Gasteiger partial charge in [-0.2, -0.15) is 8.42 Å². The molecule has 0 radical (unpaired) electrons. The number of halogens is 1. The second kappa shape index (κ2) is 3.67. The fourth-order valence-corrected chi connectivity index (χ4v) is 1.67. The molecule has 1 aromatic carbocycles. The molecule has 0 aliphatic rings. The zero-order chi connectivity index (χ0) is 10.1. The Morgan fingerprint density at radius 3 is 2.54 bits per heavy atom. The van der Waals surface area contributed by atoms with Gasteiger partial charge >= 0.3 is 10.1 Å². The third kappa shape index (κ3) is 3.36. The quantitative estimate of drug-likeness (QED) is 0.769. The zero-order valence-electron chi connectivity index (χ0n) is 7.24. The van der Waals surface area contributed by atoms with Crippen LogP contribution in [0.25, 0.3) is 0 Å². The van der Waals surface area contributed by atoms with Crippen LogP contribution in [0.3, 0.4) is 0 Å². The van der Waals surface area contributed by atoms with Crippen molar-refractivity contribution in [2.75, 3.05) is 6.26 Å². The molecule has 0 fully saturated rings. The predicted octanol–water partition coefficient (Wildman–Crippen LogP) is 2.10. The normalized spacial score (nSPS) is 11.3. The maximum atomic E-state index is 10.8. The second-order valence-corrected chi connectivity index (χ2v) is 5.19. The van der Waals surface area contributed by atoms with E-state index in [-0.39, 0.29) is 0 Å². The van der Waals surface area contributed by atoms with Crippen LogP contribution in [0.15, 0.2) is 22.7 Å². The van der Waals surface area contributed by atoms with Gasteiger partial charge in [-0.05, 0) is 24.6 Å². The van der Waals surface area contributed by atoms with Crippen molar-refractivity contribution >= 4 is 26.0 Å². The minimum atomic E-state index is -3.44. The Hall–Kier alpha value is -0.550. The van der Waals surface area contributed by atoms with E-state index in [2.05, 4.69) is 15.9 Å². The first-order chi connectivity index (χ1) is 5.88. The standard InChI is InChI=1S/C8H9BrO3S/c1-6-3-4-7(9)5-8(6)12-13(2,10)11/h3-5H,1-2H3. The van der Waals surface area contributed by atoms with Crippen molar-refractivity contribution in [1.29, 1.82) is 0 Å². The van der Waals surface area contributed by atoms with Crippen LogP contribution in [0.4, 0.5) is 0 Å². The molecule has 0 spiro atoms. The topological polar surface area (TPSA) is 43.4 Å². The number of aryl methyl sites for hydroxylation is 1. The van der Waals surface area contributed by atoms with Crippen molar-refractivity contribution in [2.45, 2.75) is 6.92 Å². The lowest BCUT2D eigenvalue weighted by molar-refractivity contribution is 0.491. The minimum absolute atomic E-state index is 0.358. The summed E-state index contributed by atoms with van der Waals surface area (Å²) in [5, 5.41) is 0. The molecule has 0 aromatic heterocycles. The van der Waals surface area contributed by atoms with Crippen molar-refractivity contribution in [3.05, 3.63) is 28.2 Å². The van der Waals surface area contributed by atoms with Gasteiger partial charge in [-0.3, -0.25) is 0 Å². The summed E-state index contributed by atoms with van der Waals surface area (Å²) >= 11 is 3.23. The van der Waals surface area contributed by atoms with Crippen LogP contribution >= 0.6 is 15.9 Å². The van der Waals surface area contributed by atoms with Crippen LogP contribution in [-0.2, 0) is 10.1 Å². The van der Waals surface area contributed by atoms with Crippen molar-refractivity contribution < 1.29 is 12.6 Å². The van der Waals surface area contributed by atoms with Gasteiger partial charge in [0.15, 0.2) is 0 Å². The summed E-state index contributed by atoms with van der Waals surface area (Å²) in [7, 11) is -3.44. The third-order valence-corrected chi connectivity index (χ3v) is 2.37. The van der Waals surface area contributed by atoms with Crippen molar-refractivity contribution in [3.8, 4) is 5.75 Å². The van der Waals surface area contributed by atoms with E-state index >= 15 is 0 Å². The maximum Gasteiger partial charge on any atom is 0.306 e. The highest BCUT2D eigenvalue weighted by Gasteiger charge is 2.07. The summed E-state index contributed by atoms with van der Waals surface area (Å²) in [6, 6.07) is 5.23. The largest absolute Gasteiger partial charge is 0.382 e. The van der Waals surface area contributed by atoms with Gasteiger partial charge in [0.25, 0.3) is 0 Å². The van der Waals surface area contributed by atoms with Gasteiger partial charge in [-0.15, -0.1) is 0 Å². The number of hydrogen-bond donors (Lipinski definition) is 0. The van der Waals surface area contributed by atoms with E-state index in [4.69, 9.17) is 4.18 Å². The molecule has 0 N–H and O–H groups in total. The van der Waals surface area contributed by atoms with Gasteiger partial charge in [0.2, 0.25) is 0 Å². The molecule has 5 heteroatoms. The molecule has 0 saturated heterocycles. The average molecular weight is 265 g/mol.